The Bertz CT molecular complexity index is 978. The molecule has 0 saturated heterocycles. The van der Waals surface area contributed by atoms with Crippen molar-refractivity contribution >= 4 is 28.6 Å². The Morgan fingerprint density at radius 2 is 2.00 bits per heavy atom. The fourth-order valence-electron chi connectivity index (χ4n) is 2.55. The van der Waals surface area contributed by atoms with Gasteiger partial charge in [0.1, 0.15) is 11.6 Å². The molecule has 1 aromatic heterocycles. The molecule has 0 aliphatic rings. The van der Waals surface area contributed by atoms with Crippen LogP contribution in [0.1, 0.15) is 25.4 Å². The highest BCUT2D eigenvalue weighted by molar-refractivity contribution is 6.30. The lowest BCUT2D eigenvalue weighted by atomic mass is 10.3. The van der Waals surface area contributed by atoms with E-state index in [1.54, 1.807) is 18.2 Å². The third-order valence-corrected chi connectivity index (χ3v) is 4.03. The van der Waals surface area contributed by atoms with Crippen LogP contribution in [0.5, 0.6) is 5.75 Å². The molecule has 0 N–H and O–H groups in total. The van der Waals surface area contributed by atoms with Crippen LogP contribution in [0.25, 0.3) is 11.0 Å². The van der Waals surface area contributed by atoms with Gasteiger partial charge in [-0.15, -0.1) is 0 Å². The average Bonchev–Trinajstić information content (AvgIpc) is 3.02. The summed E-state index contributed by atoms with van der Waals surface area (Å²) in [4.78, 5) is 16.1. The topological polar surface area (TPSA) is 53.4 Å². The molecule has 3 aromatic rings. The Morgan fingerprint density at radius 3 is 2.70 bits per heavy atom. The van der Waals surface area contributed by atoms with Crippen LogP contribution in [0.2, 0.25) is 5.02 Å². The average molecular weight is 399 g/mol. The molecular weight excluding hydrogens is 385 g/mol. The van der Waals surface area contributed by atoms with Crippen molar-refractivity contribution in [2.75, 3.05) is 6.61 Å². The lowest BCUT2D eigenvalue weighted by Gasteiger charge is -2.15. The van der Waals surface area contributed by atoms with E-state index in [1.807, 2.05) is 0 Å². The van der Waals surface area contributed by atoms with Crippen molar-refractivity contribution in [3.63, 3.8) is 0 Å². The number of imidazole rings is 1. The van der Waals surface area contributed by atoms with Gasteiger partial charge < -0.3 is 9.47 Å². The lowest BCUT2D eigenvalue weighted by molar-refractivity contribution is -0.151. The molecular formula is C18H14ClF3N2O3. The Balaban J connectivity index is 1.70. The van der Waals surface area contributed by atoms with Gasteiger partial charge in [-0.2, -0.15) is 8.78 Å². The van der Waals surface area contributed by atoms with Crippen LogP contribution in [-0.2, 0) is 9.53 Å². The summed E-state index contributed by atoms with van der Waals surface area (Å²) in [5.41, 5.74) is 0.607. The molecule has 0 aliphatic carbocycles. The van der Waals surface area contributed by atoms with E-state index in [9.17, 15) is 18.0 Å². The van der Waals surface area contributed by atoms with Crippen molar-refractivity contribution in [1.82, 2.24) is 9.55 Å². The summed E-state index contributed by atoms with van der Waals surface area (Å²) in [5, 5.41) is -0.153. The molecule has 1 atom stereocenters. The summed E-state index contributed by atoms with van der Waals surface area (Å²) in [7, 11) is 0. The van der Waals surface area contributed by atoms with Gasteiger partial charge in [-0.05, 0) is 31.2 Å². The maximum atomic E-state index is 13.4. The van der Waals surface area contributed by atoms with Gasteiger partial charge in [0.2, 0.25) is 0 Å². The van der Waals surface area contributed by atoms with Gasteiger partial charge >= 0.3 is 12.5 Å². The largest absolute Gasteiger partial charge is 0.482 e. The summed E-state index contributed by atoms with van der Waals surface area (Å²) in [6.07, 6.45) is -1.03. The maximum Gasteiger partial charge on any atom is 0.344 e. The fourth-order valence-corrected chi connectivity index (χ4v) is 2.72. The second-order valence-electron chi connectivity index (χ2n) is 5.60. The van der Waals surface area contributed by atoms with Crippen molar-refractivity contribution in [2.24, 2.45) is 0 Å². The summed E-state index contributed by atoms with van der Waals surface area (Å²) >= 11 is 5.63. The van der Waals surface area contributed by atoms with E-state index in [-0.39, 0.29) is 22.1 Å². The van der Waals surface area contributed by atoms with Gasteiger partial charge in [-0.3, -0.25) is 4.57 Å². The SMILES string of the molecule is CC(OC(=O)COc1ccc(F)c(Cl)c1)c1nc2ccccc2n1C(F)F. The number of rotatable bonds is 6. The predicted octanol–water partition coefficient (Wildman–Crippen LogP) is 4.91. The van der Waals surface area contributed by atoms with Gasteiger partial charge in [0.15, 0.2) is 18.5 Å². The van der Waals surface area contributed by atoms with Crippen LogP contribution in [-0.4, -0.2) is 22.1 Å². The molecule has 0 bridgehead atoms. The van der Waals surface area contributed by atoms with Crippen LogP contribution in [0.3, 0.4) is 0 Å². The van der Waals surface area contributed by atoms with E-state index in [2.05, 4.69) is 4.98 Å². The molecule has 0 amide bonds. The number of carbonyl (C=O) groups is 1. The number of fused-ring (bicyclic) bond motifs is 1. The van der Waals surface area contributed by atoms with Crippen LogP contribution in [0.4, 0.5) is 13.2 Å². The third kappa shape index (κ3) is 4.16. The van der Waals surface area contributed by atoms with Crippen molar-refractivity contribution in [2.45, 2.75) is 19.6 Å². The second kappa shape index (κ2) is 7.87. The zero-order chi connectivity index (χ0) is 19.6. The highest BCUT2D eigenvalue weighted by Crippen LogP contribution is 2.28. The molecule has 2 aromatic carbocycles. The van der Waals surface area contributed by atoms with Gasteiger partial charge in [0.05, 0.1) is 16.1 Å². The minimum atomic E-state index is -2.84. The van der Waals surface area contributed by atoms with E-state index in [0.717, 1.165) is 6.07 Å². The van der Waals surface area contributed by atoms with E-state index < -0.39 is 31.0 Å². The molecule has 0 aliphatic heterocycles. The van der Waals surface area contributed by atoms with Crippen LogP contribution in [0.15, 0.2) is 42.5 Å². The van der Waals surface area contributed by atoms with Crippen molar-refractivity contribution in [1.29, 1.82) is 0 Å². The zero-order valence-electron chi connectivity index (χ0n) is 14.0. The van der Waals surface area contributed by atoms with Crippen LogP contribution in [0, 0.1) is 5.82 Å². The number of hydrogen-bond acceptors (Lipinski definition) is 4. The van der Waals surface area contributed by atoms with Gasteiger partial charge in [-0.1, -0.05) is 23.7 Å². The normalized spacial score (nSPS) is 12.4. The summed E-state index contributed by atoms with van der Waals surface area (Å²) < 4.78 is 51.0. The second-order valence-corrected chi connectivity index (χ2v) is 6.01. The molecule has 0 saturated carbocycles. The molecule has 5 nitrogen and oxygen atoms in total. The molecule has 9 heteroatoms. The quantitative estimate of drug-likeness (QED) is 0.554. The minimum Gasteiger partial charge on any atom is -0.482 e. The number of halogens is 4. The van der Waals surface area contributed by atoms with E-state index in [1.165, 1.54) is 25.1 Å². The smallest absolute Gasteiger partial charge is 0.344 e. The number of carbonyl (C=O) groups excluding carboxylic acids is 1. The maximum absolute atomic E-state index is 13.4. The van der Waals surface area contributed by atoms with Crippen molar-refractivity contribution < 1.29 is 27.4 Å². The van der Waals surface area contributed by atoms with Gasteiger partial charge in [0, 0.05) is 6.07 Å². The van der Waals surface area contributed by atoms with Crippen LogP contribution < -0.4 is 4.74 Å². The number of para-hydroxylation sites is 2. The number of benzene rings is 2. The number of hydrogen-bond donors (Lipinski definition) is 0. The molecule has 27 heavy (non-hydrogen) atoms. The number of aromatic nitrogens is 2. The first-order chi connectivity index (χ1) is 12.9. The van der Waals surface area contributed by atoms with E-state index >= 15 is 0 Å². The highest BCUT2D eigenvalue weighted by atomic mass is 35.5. The van der Waals surface area contributed by atoms with E-state index in [4.69, 9.17) is 21.1 Å². The number of esters is 1. The molecule has 0 spiro atoms. The highest BCUT2D eigenvalue weighted by Gasteiger charge is 2.24. The monoisotopic (exact) mass is 398 g/mol. The Labute approximate surface area is 157 Å². The lowest BCUT2D eigenvalue weighted by Crippen LogP contribution is -2.19. The summed E-state index contributed by atoms with van der Waals surface area (Å²) in [5.74, 6) is -1.32. The Morgan fingerprint density at radius 1 is 1.26 bits per heavy atom. The van der Waals surface area contributed by atoms with Crippen molar-refractivity contribution in [3.05, 3.63) is 59.1 Å². The van der Waals surface area contributed by atoms with E-state index in [0.29, 0.717) is 10.1 Å². The summed E-state index contributed by atoms with van der Waals surface area (Å²) in [6.45, 7) is -1.90. The summed E-state index contributed by atoms with van der Waals surface area (Å²) in [6, 6.07) is 9.99. The predicted molar refractivity (Wildman–Crippen MR) is 92.4 cm³/mol. The standard InChI is InChI=1S/C18H14ClF3N2O3/c1-10(17-23-14-4-2-3-5-15(14)24(17)18(21)22)27-16(25)9-26-11-6-7-13(20)12(19)8-11/h2-8,10,18H,9H2,1H3. The van der Waals surface area contributed by atoms with Gasteiger partial charge in [-0.25, -0.2) is 14.2 Å². The third-order valence-electron chi connectivity index (χ3n) is 3.74. The Kier molecular flexibility index (Phi) is 5.55. The Hall–Kier alpha value is -2.74. The molecule has 0 fully saturated rings. The molecule has 1 heterocycles. The first-order valence-electron chi connectivity index (χ1n) is 7.89. The molecule has 0 radical (unpaired) electrons. The molecule has 1 unspecified atom stereocenters. The number of ether oxygens (including phenoxy) is 2. The molecule has 3 rings (SSSR count). The molecule has 142 valence electrons. The zero-order valence-corrected chi connectivity index (χ0v) is 14.8. The first-order valence-corrected chi connectivity index (χ1v) is 8.27. The van der Waals surface area contributed by atoms with Crippen molar-refractivity contribution in [3.8, 4) is 5.75 Å². The first kappa shape index (κ1) is 19.0. The van der Waals surface area contributed by atoms with Crippen LogP contribution >= 0.6 is 11.6 Å². The number of alkyl halides is 2. The van der Waals surface area contributed by atoms with Gasteiger partial charge in [0.25, 0.3) is 0 Å². The minimum absolute atomic E-state index is 0.0793. The number of nitrogens with zero attached hydrogens (tertiary/aromatic N) is 2. The fraction of sp³-hybridized carbons (Fsp3) is 0.222.